The highest BCUT2D eigenvalue weighted by atomic mass is 16.1. The molecular weight excluding hydrogens is 116 g/mol. The molecule has 0 aromatic carbocycles. The van der Waals surface area contributed by atoms with Crippen molar-refractivity contribution in [1.29, 1.82) is 0 Å². The van der Waals surface area contributed by atoms with E-state index in [1.165, 1.54) is 0 Å². The highest BCUT2D eigenvalue weighted by molar-refractivity contribution is 6.33. The van der Waals surface area contributed by atoms with Crippen molar-refractivity contribution in [2.24, 2.45) is 0 Å². The van der Waals surface area contributed by atoms with Gasteiger partial charge in [0.05, 0.1) is 0 Å². The summed E-state index contributed by atoms with van der Waals surface area (Å²) in [6.07, 6.45) is 4.56. The van der Waals surface area contributed by atoms with Crippen molar-refractivity contribution >= 4 is 12.0 Å². The summed E-state index contributed by atoms with van der Waals surface area (Å²) in [4.78, 5) is 13.3. The fourth-order valence-corrected chi connectivity index (χ4v) is 0.648. The lowest BCUT2D eigenvalue weighted by molar-refractivity contribution is -0.113. The molecule has 0 fully saturated rings. The lowest BCUT2D eigenvalue weighted by atomic mass is 9.96. The molecule has 0 amide bonds. The van der Waals surface area contributed by atoms with E-state index in [1.807, 2.05) is 6.08 Å². The van der Waals surface area contributed by atoms with Crippen LogP contribution in [-0.4, -0.2) is 16.8 Å². The SMILES string of the molecule is [N-]=[N+]=CC(=O)C1=CCC1. The van der Waals surface area contributed by atoms with E-state index in [1.54, 1.807) is 0 Å². The highest BCUT2D eigenvalue weighted by Crippen LogP contribution is 2.17. The third kappa shape index (κ3) is 1.12. The molecule has 0 bridgehead atoms. The average Bonchev–Trinajstić information content (AvgIpc) is 1.60. The minimum Gasteiger partial charge on any atom is -0.361 e. The van der Waals surface area contributed by atoms with E-state index >= 15 is 0 Å². The molecule has 0 aromatic rings. The zero-order valence-electron chi connectivity index (χ0n) is 4.87. The van der Waals surface area contributed by atoms with E-state index in [0.29, 0.717) is 0 Å². The van der Waals surface area contributed by atoms with E-state index < -0.39 is 0 Å². The van der Waals surface area contributed by atoms with Crippen molar-refractivity contribution in [1.82, 2.24) is 0 Å². The zero-order valence-corrected chi connectivity index (χ0v) is 4.87. The first-order chi connectivity index (χ1) is 4.34. The molecule has 1 aliphatic rings. The fourth-order valence-electron chi connectivity index (χ4n) is 0.648. The molecule has 0 saturated heterocycles. The molecule has 0 N–H and O–H groups in total. The van der Waals surface area contributed by atoms with Crippen LogP contribution in [0.15, 0.2) is 11.6 Å². The third-order valence-electron chi connectivity index (χ3n) is 1.30. The van der Waals surface area contributed by atoms with E-state index in [0.717, 1.165) is 24.6 Å². The first-order valence-corrected chi connectivity index (χ1v) is 2.75. The topological polar surface area (TPSA) is 53.5 Å². The molecule has 0 spiro atoms. The van der Waals surface area contributed by atoms with Crippen LogP contribution in [0, 0.1) is 0 Å². The smallest absolute Gasteiger partial charge is 0.327 e. The van der Waals surface area contributed by atoms with Crippen LogP contribution in [0.5, 0.6) is 0 Å². The first kappa shape index (κ1) is 5.92. The van der Waals surface area contributed by atoms with Gasteiger partial charge in [0.2, 0.25) is 0 Å². The van der Waals surface area contributed by atoms with Gasteiger partial charge in [0.15, 0.2) is 0 Å². The summed E-state index contributed by atoms with van der Waals surface area (Å²) in [5, 5.41) is 0. The minimum absolute atomic E-state index is 0.177. The number of nitrogens with zero attached hydrogens (tertiary/aromatic N) is 2. The Morgan fingerprint density at radius 2 is 2.56 bits per heavy atom. The summed E-state index contributed by atoms with van der Waals surface area (Å²) >= 11 is 0. The molecule has 0 unspecified atom stereocenters. The Labute approximate surface area is 52.6 Å². The lowest BCUT2D eigenvalue weighted by Gasteiger charge is -2.06. The molecule has 3 nitrogen and oxygen atoms in total. The average molecular weight is 122 g/mol. The molecule has 0 radical (unpaired) electrons. The number of Topliss-reactive ketones (excluding diaryl/α,β-unsaturated/α-hetero) is 1. The fraction of sp³-hybridized carbons (Fsp3) is 0.333. The molecule has 46 valence electrons. The Hall–Kier alpha value is -1.21. The summed E-state index contributed by atoms with van der Waals surface area (Å²) in [6, 6.07) is 0. The molecule has 9 heavy (non-hydrogen) atoms. The Bertz CT molecular complexity index is 211. The first-order valence-electron chi connectivity index (χ1n) is 2.75. The molecule has 0 heterocycles. The van der Waals surface area contributed by atoms with Crippen molar-refractivity contribution in [3.63, 3.8) is 0 Å². The monoisotopic (exact) mass is 122 g/mol. The molecular formula is C6H6N2O. The van der Waals surface area contributed by atoms with Crippen molar-refractivity contribution in [3.05, 3.63) is 17.2 Å². The van der Waals surface area contributed by atoms with Crippen molar-refractivity contribution in [2.45, 2.75) is 12.8 Å². The summed E-state index contributed by atoms with van der Waals surface area (Å²) in [5.74, 6) is -0.177. The number of carbonyl (C=O) groups is 1. The Kier molecular flexibility index (Phi) is 1.56. The molecule has 1 rings (SSSR count). The lowest BCUT2D eigenvalue weighted by Crippen LogP contribution is -2.09. The van der Waals surface area contributed by atoms with Gasteiger partial charge in [0.1, 0.15) is 0 Å². The van der Waals surface area contributed by atoms with Crippen LogP contribution in [0.1, 0.15) is 12.8 Å². The maximum atomic E-state index is 10.6. The second-order valence-electron chi connectivity index (χ2n) is 1.88. The van der Waals surface area contributed by atoms with Gasteiger partial charge in [0, 0.05) is 5.57 Å². The Morgan fingerprint density at radius 3 is 2.89 bits per heavy atom. The van der Waals surface area contributed by atoms with Crippen molar-refractivity contribution < 1.29 is 9.58 Å². The number of carbonyl (C=O) groups excluding carboxylic acids is 1. The standard InChI is InChI=1S/C6H6N2O/c7-8-4-6(9)5-2-1-3-5/h2,4H,1,3H2. The van der Waals surface area contributed by atoms with Gasteiger partial charge in [-0.15, -0.1) is 0 Å². The second kappa shape index (κ2) is 2.37. The third-order valence-corrected chi connectivity index (χ3v) is 1.30. The Balaban J connectivity index is 2.62. The second-order valence-corrected chi connectivity index (χ2v) is 1.88. The number of rotatable bonds is 2. The summed E-state index contributed by atoms with van der Waals surface area (Å²) in [7, 11) is 0. The molecule has 1 aliphatic carbocycles. The minimum atomic E-state index is -0.177. The number of hydrogen-bond donors (Lipinski definition) is 0. The van der Waals surface area contributed by atoms with Crippen molar-refractivity contribution in [2.75, 3.05) is 0 Å². The molecule has 0 saturated carbocycles. The normalized spacial score (nSPS) is 14.9. The molecule has 0 atom stereocenters. The molecule has 0 aliphatic heterocycles. The zero-order chi connectivity index (χ0) is 6.69. The maximum absolute atomic E-state index is 10.6. The molecule has 3 heteroatoms. The number of allylic oxidation sites excluding steroid dienone is 2. The predicted molar refractivity (Wildman–Crippen MR) is 32.0 cm³/mol. The van der Waals surface area contributed by atoms with Crippen LogP contribution < -0.4 is 0 Å². The van der Waals surface area contributed by atoms with Crippen LogP contribution in [0.3, 0.4) is 0 Å². The van der Waals surface area contributed by atoms with Crippen LogP contribution in [0.4, 0.5) is 0 Å². The summed E-state index contributed by atoms with van der Waals surface area (Å²) in [5.41, 5.74) is 8.68. The van der Waals surface area contributed by atoms with Gasteiger partial charge >= 0.3 is 6.21 Å². The van der Waals surface area contributed by atoms with Gasteiger partial charge in [-0.3, -0.25) is 4.79 Å². The quantitative estimate of drug-likeness (QED) is 0.300. The highest BCUT2D eigenvalue weighted by Gasteiger charge is 2.14. The largest absolute Gasteiger partial charge is 0.361 e. The summed E-state index contributed by atoms with van der Waals surface area (Å²) < 4.78 is 0. The van der Waals surface area contributed by atoms with Crippen molar-refractivity contribution in [3.8, 4) is 0 Å². The van der Waals surface area contributed by atoms with E-state index in [4.69, 9.17) is 5.53 Å². The van der Waals surface area contributed by atoms with Gasteiger partial charge in [-0.2, -0.15) is 4.79 Å². The van der Waals surface area contributed by atoms with E-state index in [-0.39, 0.29) is 5.78 Å². The van der Waals surface area contributed by atoms with Gasteiger partial charge in [0.25, 0.3) is 5.78 Å². The van der Waals surface area contributed by atoms with Gasteiger partial charge in [-0.1, -0.05) is 6.08 Å². The van der Waals surface area contributed by atoms with E-state index in [2.05, 4.69) is 4.79 Å². The van der Waals surface area contributed by atoms with Gasteiger partial charge in [-0.25, -0.2) is 0 Å². The van der Waals surface area contributed by atoms with Crippen LogP contribution in [-0.2, 0) is 4.79 Å². The van der Waals surface area contributed by atoms with Gasteiger partial charge < -0.3 is 5.53 Å². The van der Waals surface area contributed by atoms with E-state index in [9.17, 15) is 4.79 Å². The number of hydrogen-bond acceptors (Lipinski definition) is 1. The van der Waals surface area contributed by atoms with Gasteiger partial charge in [-0.05, 0) is 12.8 Å². The predicted octanol–water partition coefficient (Wildman–Crippen LogP) is 0.576. The molecule has 0 aromatic heterocycles. The van der Waals surface area contributed by atoms with Crippen LogP contribution >= 0.6 is 0 Å². The van der Waals surface area contributed by atoms with Crippen LogP contribution in [0.25, 0.3) is 5.53 Å². The Morgan fingerprint density at radius 1 is 1.89 bits per heavy atom. The number of ketones is 1. The maximum Gasteiger partial charge on any atom is 0.327 e. The summed E-state index contributed by atoms with van der Waals surface area (Å²) in [6.45, 7) is 0. The van der Waals surface area contributed by atoms with Crippen LogP contribution in [0.2, 0.25) is 0 Å².